The maximum atomic E-state index is 12.5. The van der Waals surface area contributed by atoms with Crippen molar-refractivity contribution >= 4 is 10.9 Å². The van der Waals surface area contributed by atoms with Gasteiger partial charge in [0.15, 0.2) is 0 Å². The molecule has 0 spiro atoms. The fourth-order valence-corrected chi connectivity index (χ4v) is 2.56. The minimum atomic E-state index is 0.0523. The summed E-state index contributed by atoms with van der Waals surface area (Å²) in [4.78, 5) is 12.5. The highest BCUT2D eigenvalue weighted by molar-refractivity contribution is 5.81. The molecule has 0 saturated heterocycles. The first-order valence-corrected chi connectivity index (χ1v) is 6.91. The second-order valence-corrected chi connectivity index (χ2v) is 5.13. The Labute approximate surface area is 123 Å². The van der Waals surface area contributed by atoms with E-state index in [1.165, 1.54) is 0 Å². The summed E-state index contributed by atoms with van der Waals surface area (Å²) >= 11 is 0. The lowest BCUT2D eigenvalue weighted by Crippen LogP contribution is -2.23. The number of hydrogen-bond acceptors (Lipinski definition) is 2. The van der Waals surface area contributed by atoms with Crippen LogP contribution in [0.25, 0.3) is 10.9 Å². The van der Waals surface area contributed by atoms with Crippen molar-refractivity contribution in [1.29, 1.82) is 0 Å². The van der Waals surface area contributed by atoms with Crippen LogP contribution < -0.4 is 10.3 Å². The van der Waals surface area contributed by atoms with Gasteiger partial charge >= 0.3 is 0 Å². The molecule has 0 bridgehead atoms. The zero-order valence-electron chi connectivity index (χ0n) is 12.2. The summed E-state index contributed by atoms with van der Waals surface area (Å²) in [5.41, 5.74) is 2.83. The van der Waals surface area contributed by atoms with Gasteiger partial charge in [-0.3, -0.25) is 4.79 Å². The molecule has 1 aromatic heterocycles. The SMILES string of the molecule is COc1ccc2c(c1)cc(C)c(=O)n2Cc1ccccc1. The number of hydrogen-bond donors (Lipinski definition) is 0. The minimum Gasteiger partial charge on any atom is -0.497 e. The molecule has 0 aliphatic rings. The van der Waals surface area contributed by atoms with Gasteiger partial charge in [0.05, 0.1) is 19.2 Å². The number of rotatable bonds is 3. The van der Waals surface area contributed by atoms with Crippen LogP contribution in [0.3, 0.4) is 0 Å². The molecule has 106 valence electrons. The molecule has 0 unspecified atom stereocenters. The Hall–Kier alpha value is -2.55. The summed E-state index contributed by atoms with van der Waals surface area (Å²) in [6, 6.07) is 17.7. The molecule has 2 aromatic carbocycles. The van der Waals surface area contributed by atoms with Crippen molar-refractivity contribution in [3.05, 3.63) is 76.1 Å². The summed E-state index contributed by atoms with van der Waals surface area (Å²) in [6.07, 6.45) is 0. The molecule has 0 radical (unpaired) electrons. The van der Waals surface area contributed by atoms with Crippen LogP contribution in [0.5, 0.6) is 5.75 Å². The summed E-state index contributed by atoms with van der Waals surface area (Å²) in [7, 11) is 1.65. The van der Waals surface area contributed by atoms with Gasteiger partial charge in [-0.25, -0.2) is 0 Å². The molecule has 0 aliphatic heterocycles. The first-order valence-electron chi connectivity index (χ1n) is 6.91. The Bertz CT molecular complexity index is 835. The summed E-state index contributed by atoms with van der Waals surface area (Å²) in [5, 5.41) is 1.02. The third-order valence-electron chi connectivity index (χ3n) is 3.66. The number of fused-ring (bicyclic) bond motifs is 1. The van der Waals surface area contributed by atoms with Crippen LogP contribution in [0.4, 0.5) is 0 Å². The monoisotopic (exact) mass is 279 g/mol. The maximum absolute atomic E-state index is 12.5. The largest absolute Gasteiger partial charge is 0.497 e. The number of nitrogens with zero attached hydrogens (tertiary/aromatic N) is 1. The van der Waals surface area contributed by atoms with Crippen molar-refractivity contribution in [2.75, 3.05) is 7.11 Å². The van der Waals surface area contributed by atoms with Crippen LogP contribution >= 0.6 is 0 Å². The second kappa shape index (κ2) is 5.44. The fraction of sp³-hybridized carbons (Fsp3) is 0.167. The molecule has 0 aliphatic carbocycles. The number of aryl methyl sites for hydroxylation is 1. The van der Waals surface area contributed by atoms with Crippen LogP contribution in [0, 0.1) is 6.92 Å². The predicted octanol–water partition coefficient (Wildman–Crippen LogP) is 3.37. The Morgan fingerprint density at radius 3 is 2.52 bits per heavy atom. The summed E-state index contributed by atoms with van der Waals surface area (Å²) in [6.45, 7) is 2.42. The highest BCUT2D eigenvalue weighted by Crippen LogP contribution is 2.21. The van der Waals surface area contributed by atoms with E-state index in [1.54, 1.807) is 7.11 Å². The van der Waals surface area contributed by atoms with Crippen molar-refractivity contribution < 1.29 is 4.74 Å². The van der Waals surface area contributed by atoms with Crippen molar-refractivity contribution in [2.24, 2.45) is 0 Å². The minimum absolute atomic E-state index is 0.0523. The number of aromatic nitrogens is 1. The lowest BCUT2D eigenvalue weighted by molar-refractivity contribution is 0.415. The zero-order valence-corrected chi connectivity index (χ0v) is 12.2. The van der Waals surface area contributed by atoms with Gasteiger partial charge in [0, 0.05) is 10.9 Å². The fourth-order valence-electron chi connectivity index (χ4n) is 2.56. The molecule has 1 heterocycles. The van der Waals surface area contributed by atoms with E-state index < -0.39 is 0 Å². The third kappa shape index (κ3) is 2.55. The van der Waals surface area contributed by atoms with E-state index in [-0.39, 0.29) is 5.56 Å². The Morgan fingerprint density at radius 2 is 1.81 bits per heavy atom. The average molecular weight is 279 g/mol. The molecule has 21 heavy (non-hydrogen) atoms. The molecule has 0 fully saturated rings. The molecule has 0 amide bonds. The van der Waals surface area contributed by atoms with Gasteiger partial charge in [-0.05, 0) is 36.8 Å². The van der Waals surface area contributed by atoms with E-state index in [4.69, 9.17) is 4.74 Å². The van der Waals surface area contributed by atoms with Crippen molar-refractivity contribution in [1.82, 2.24) is 4.57 Å². The van der Waals surface area contributed by atoms with Gasteiger partial charge < -0.3 is 9.30 Å². The second-order valence-electron chi connectivity index (χ2n) is 5.13. The van der Waals surface area contributed by atoms with Crippen LogP contribution in [0.1, 0.15) is 11.1 Å². The van der Waals surface area contributed by atoms with Crippen molar-refractivity contribution in [3.63, 3.8) is 0 Å². The normalized spacial score (nSPS) is 10.8. The van der Waals surface area contributed by atoms with E-state index in [0.29, 0.717) is 6.54 Å². The zero-order chi connectivity index (χ0) is 14.8. The quantitative estimate of drug-likeness (QED) is 0.736. The molecule has 3 heteroatoms. The molecule has 0 N–H and O–H groups in total. The highest BCUT2D eigenvalue weighted by Gasteiger charge is 2.08. The van der Waals surface area contributed by atoms with Gasteiger partial charge in [-0.2, -0.15) is 0 Å². The topological polar surface area (TPSA) is 31.2 Å². The van der Waals surface area contributed by atoms with Crippen LogP contribution in [-0.2, 0) is 6.54 Å². The number of ether oxygens (including phenoxy) is 1. The predicted molar refractivity (Wildman–Crippen MR) is 85.0 cm³/mol. The van der Waals surface area contributed by atoms with Gasteiger partial charge in [-0.15, -0.1) is 0 Å². The van der Waals surface area contributed by atoms with Crippen LogP contribution in [0.2, 0.25) is 0 Å². The van der Waals surface area contributed by atoms with Crippen molar-refractivity contribution in [2.45, 2.75) is 13.5 Å². The van der Waals surface area contributed by atoms with Gasteiger partial charge in [0.1, 0.15) is 5.75 Å². The lowest BCUT2D eigenvalue weighted by atomic mass is 10.1. The standard InChI is InChI=1S/C18H17NO2/c1-13-10-15-11-16(21-2)8-9-17(15)19(18(13)20)12-14-6-4-3-5-7-14/h3-11H,12H2,1-2H3. The van der Waals surface area contributed by atoms with Crippen molar-refractivity contribution in [3.8, 4) is 5.75 Å². The Balaban J connectivity index is 2.20. The molecule has 0 atom stereocenters. The van der Waals surface area contributed by atoms with E-state index in [2.05, 4.69) is 0 Å². The molecule has 3 nitrogen and oxygen atoms in total. The first-order chi connectivity index (χ1) is 10.2. The van der Waals surface area contributed by atoms with Gasteiger partial charge in [0.2, 0.25) is 0 Å². The van der Waals surface area contributed by atoms with Crippen LogP contribution in [-0.4, -0.2) is 11.7 Å². The van der Waals surface area contributed by atoms with E-state index in [1.807, 2.05) is 66.1 Å². The molecule has 3 rings (SSSR count). The average Bonchev–Trinajstić information content (AvgIpc) is 2.52. The van der Waals surface area contributed by atoms with E-state index in [9.17, 15) is 4.79 Å². The lowest BCUT2D eigenvalue weighted by Gasteiger charge is -2.12. The van der Waals surface area contributed by atoms with E-state index in [0.717, 1.165) is 27.8 Å². The molecular weight excluding hydrogens is 262 g/mol. The molecular formula is C18H17NO2. The number of pyridine rings is 1. The highest BCUT2D eigenvalue weighted by atomic mass is 16.5. The number of benzene rings is 2. The smallest absolute Gasteiger partial charge is 0.254 e. The van der Waals surface area contributed by atoms with Gasteiger partial charge in [0.25, 0.3) is 5.56 Å². The molecule has 0 saturated carbocycles. The first kappa shape index (κ1) is 13.4. The maximum Gasteiger partial charge on any atom is 0.254 e. The summed E-state index contributed by atoms with van der Waals surface area (Å²) < 4.78 is 7.08. The number of methoxy groups -OCH3 is 1. The third-order valence-corrected chi connectivity index (χ3v) is 3.66. The Morgan fingerprint density at radius 1 is 1.05 bits per heavy atom. The van der Waals surface area contributed by atoms with Gasteiger partial charge in [-0.1, -0.05) is 30.3 Å². The summed E-state index contributed by atoms with van der Waals surface area (Å²) in [5.74, 6) is 0.798. The van der Waals surface area contributed by atoms with E-state index >= 15 is 0 Å². The van der Waals surface area contributed by atoms with Crippen LogP contribution in [0.15, 0.2) is 59.4 Å². The molecule has 3 aromatic rings. The Kier molecular flexibility index (Phi) is 3.48.